The van der Waals surface area contributed by atoms with Gasteiger partial charge in [0.1, 0.15) is 0 Å². The number of nitrogens with one attached hydrogen (secondary N) is 1. The molecule has 86 valence electrons. The van der Waals surface area contributed by atoms with Gasteiger partial charge in [-0.25, -0.2) is 0 Å². The summed E-state index contributed by atoms with van der Waals surface area (Å²) in [5, 5.41) is 3.16. The van der Waals surface area contributed by atoms with Gasteiger partial charge in [0.25, 0.3) is 0 Å². The first-order chi connectivity index (χ1) is 6.33. The monoisotopic (exact) mass is 202 g/mol. The largest absolute Gasteiger partial charge is 0.380 e. The quantitative estimate of drug-likeness (QED) is 0.653. The van der Waals surface area contributed by atoms with Crippen LogP contribution in [0.25, 0.3) is 0 Å². The first-order valence-electron chi connectivity index (χ1n) is 5.25. The van der Waals surface area contributed by atoms with E-state index >= 15 is 0 Å². The zero-order valence-corrected chi connectivity index (χ0v) is 10.3. The van der Waals surface area contributed by atoms with Gasteiger partial charge in [-0.3, -0.25) is 0 Å². The van der Waals surface area contributed by atoms with Gasteiger partial charge >= 0.3 is 0 Å². The Morgan fingerprint density at radius 1 is 1.07 bits per heavy atom. The second kappa shape index (κ2) is 5.69. The maximum absolute atomic E-state index is 5.69. The fourth-order valence-electron chi connectivity index (χ4n) is 1.19. The van der Waals surface area contributed by atoms with Crippen LogP contribution in [-0.2, 0) is 4.74 Å². The molecule has 0 radical (unpaired) electrons. The van der Waals surface area contributed by atoms with Crippen molar-refractivity contribution in [3.63, 3.8) is 0 Å². The molecule has 14 heavy (non-hydrogen) atoms. The zero-order valence-electron chi connectivity index (χ0n) is 10.3. The molecule has 3 nitrogen and oxygen atoms in total. The Kier molecular flexibility index (Phi) is 5.64. The highest BCUT2D eigenvalue weighted by atomic mass is 16.5. The highest BCUT2D eigenvalue weighted by molar-refractivity contribution is 4.72. The Bertz CT molecular complexity index is 155. The predicted octanol–water partition coefficient (Wildman–Crippen LogP) is 1.23. The topological polar surface area (TPSA) is 47.3 Å². The number of rotatable bonds is 7. The molecule has 0 amide bonds. The standard InChI is InChI=1S/C11H26N2O/c1-10(2,6-12)8-14-9-11(3,4)7-13-5/h13H,6-9,12H2,1-5H3. The lowest BCUT2D eigenvalue weighted by molar-refractivity contribution is 0.0189. The Morgan fingerprint density at radius 3 is 2.00 bits per heavy atom. The lowest BCUT2D eigenvalue weighted by Gasteiger charge is -2.28. The molecule has 0 atom stereocenters. The minimum absolute atomic E-state index is 0.0930. The second-order valence-corrected chi connectivity index (χ2v) is 5.56. The van der Waals surface area contributed by atoms with Crippen LogP contribution in [0.3, 0.4) is 0 Å². The third-order valence-electron chi connectivity index (χ3n) is 2.19. The van der Waals surface area contributed by atoms with Crippen LogP contribution in [0.2, 0.25) is 0 Å². The molecular weight excluding hydrogens is 176 g/mol. The van der Waals surface area contributed by atoms with E-state index in [4.69, 9.17) is 10.5 Å². The SMILES string of the molecule is CNCC(C)(C)COCC(C)(C)CN. The van der Waals surface area contributed by atoms with E-state index in [1.54, 1.807) is 0 Å². The Morgan fingerprint density at radius 2 is 1.57 bits per heavy atom. The molecule has 0 aromatic rings. The summed E-state index contributed by atoms with van der Waals surface area (Å²) < 4.78 is 5.69. The van der Waals surface area contributed by atoms with Crippen LogP contribution in [0.4, 0.5) is 0 Å². The molecular formula is C11H26N2O. The van der Waals surface area contributed by atoms with Gasteiger partial charge in [0.15, 0.2) is 0 Å². The van der Waals surface area contributed by atoms with E-state index in [1.807, 2.05) is 7.05 Å². The van der Waals surface area contributed by atoms with Crippen molar-refractivity contribution < 1.29 is 4.74 Å². The fraction of sp³-hybridized carbons (Fsp3) is 1.00. The second-order valence-electron chi connectivity index (χ2n) is 5.56. The van der Waals surface area contributed by atoms with Crippen molar-refractivity contribution in [2.24, 2.45) is 16.6 Å². The van der Waals surface area contributed by atoms with Crippen molar-refractivity contribution in [2.75, 3.05) is 33.4 Å². The van der Waals surface area contributed by atoms with E-state index in [-0.39, 0.29) is 10.8 Å². The van der Waals surface area contributed by atoms with Gasteiger partial charge in [-0.05, 0) is 13.6 Å². The molecule has 0 bridgehead atoms. The molecule has 0 aromatic heterocycles. The number of hydrogen-bond acceptors (Lipinski definition) is 3. The Balaban J connectivity index is 3.73. The van der Waals surface area contributed by atoms with Gasteiger partial charge in [0, 0.05) is 17.4 Å². The summed E-state index contributed by atoms with van der Waals surface area (Å²) in [6, 6.07) is 0. The van der Waals surface area contributed by atoms with Crippen LogP contribution in [0.1, 0.15) is 27.7 Å². The normalized spacial score (nSPS) is 13.3. The van der Waals surface area contributed by atoms with Crippen molar-refractivity contribution in [3.8, 4) is 0 Å². The molecule has 0 aromatic carbocycles. The third kappa shape index (κ3) is 6.35. The minimum atomic E-state index is 0.0930. The maximum Gasteiger partial charge on any atom is 0.0529 e. The summed E-state index contributed by atoms with van der Waals surface area (Å²) in [5.74, 6) is 0. The van der Waals surface area contributed by atoms with Crippen molar-refractivity contribution in [1.29, 1.82) is 0 Å². The molecule has 0 saturated heterocycles. The van der Waals surface area contributed by atoms with Crippen LogP contribution < -0.4 is 11.1 Å². The predicted molar refractivity (Wildman–Crippen MR) is 61.4 cm³/mol. The summed E-state index contributed by atoms with van der Waals surface area (Å²) in [6.07, 6.45) is 0. The number of nitrogens with two attached hydrogens (primary N) is 1. The Hall–Kier alpha value is -0.120. The van der Waals surface area contributed by atoms with E-state index in [2.05, 4.69) is 33.0 Å². The first kappa shape index (κ1) is 13.9. The van der Waals surface area contributed by atoms with Crippen LogP contribution in [0.15, 0.2) is 0 Å². The summed E-state index contributed by atoms with van der Waals surface area (Å²) in [4.78, 5) is 0. The summed E-state index contributed by atoms with van der Waals surface area (Å²) in [7, 11) is 1.96. The highest BCUT2D eigenvalue weighted by Gasteiger charge is 2.20. The summed E-state index contributed by atoms with van der Waals surface area (Å²) >= 11 is 0. The molecule has 0 saturated carbocycles. The number of ether oxygens (including phenoxy) is 1. The van der Waals surface area contributed by atoms with Crippen LogP contribution in [0, 0.1) is 10.8 Å². The Labute approximate surface area is 88.4 Å². The lowest BCUT2D eigenvalue weighted by Crippen LogP contribution is -2.34. The molecule has 0 aliphatic carbocycles. The first-order valence-corrected chi connectivity index (χ1v) is 5.25. The van der Waals surface area contributed by atoms with Crippen LogP contribution in [0.5, 0.6) is 0 Å². The molecule has 0 spiro atoms. The van der Waals surface area contributed by atoms with E-state index in [0.717, 1.165) is 19.8 Å². The van der Waals surface area contributed by atoms with Crippen LogP contribution >= 0.6 is 0 Å². The van der Waals surface area contributed by atoms with E-state index in [0.29, 0.717) is 6.54 Å². The third-order valence-corrected chi connectivity index (χ3v) is 2.19. The van der Waals surface area contributed by atoms with Crippen molar-refractivity contribution >= 4 is 0 Å². The lowest BCUT2D eigenvalue weighted by atomic mass is 9.93. The molecule has 0 fully saturated rings. The van der Waals surface area contributed by atoms with Gasteiger partial charge in [-0.15, -0.1) is 0 Å². The molecule has 3 N–H and O–H groups in total. The van der Waals surface area contributed by atoms with Gasteiger partial charge in [-0.2, -0.15) is 0 Å². The zero-order chi connectivity index (χ0) is 11.2. The summed E-state index contributed by atoms with van der Waals surface area (Å²) in [5.41, 5.74) is 5.91. The average Bonchev–Trinajstić information content (AvgIpc) is 2.03. The van der Waals surface area contributed by atoms with E-state index in [1.165, 1.54) is 0 Å². The smallest absolute Gasteiger partial charge is 0.0529 e. The fourth-order valence-corrected chi connectivity index (χ4v) is 1.19. The van der Waals surface area contributed by atoms with Crippen molar-refractivity contribution in [2.45, 2.75) is 27.7 Å². The van der Waals surface area contributed by atoms with E-state index in [9.17, 15) is 0 Å². The number of hydrogen-bond donors (Lipinski definition) is 2. The van der Waals surface area contributed by atoms with Crippen molar-refractivity contribution in [3.05, 3.63) is 0 Å². The molecule has 3 heteroatoms. The molecule has 0 aliphatic heterocycles. The van der Waals surface area contributed by atoms with E-state index < -0.39 is 0 Å². The maximum atomic E-state index is 5.69. The molecule has 0 heterocycles. The van der Waals surface area contributed by atoms with Crippen LogP contribution in [-0.4, -0.2) is 33.4 Å². The van der Waals surface area contributed by atoms with Gasteiger partial charge in [-0.1, -0.05) is 27.7 Å². The van der Waals surface area contributed by atoms with Gasteiger partial charge in [0.05, 0.1) is 13.2 Å². The highest BCUT2D eigenvalue weighted by Crippen LogP contribution is 2.17. The minimum Gasteiger partial charge on any atom is -0.380 e. The van der Waals surface area contributed by atoms with Crippen molar-refractivity contribution in [1.82, 2.24) is 5.32 Å². The average molecular weight is 202 g/mol. The molecule has 0 aliphatic rings. The summed E-state index contributed by atoms with van der Waals surface area (Å²) in [6.45, 7) is 11.8. The molecule has 0 unspecified atom stereocenters. The van der Waals surface area contributed by atoms with Gasteiger partial charge in [0.2, 0.25) is 0 Å². The van der Waals surface area contributed by atoms with Gasteiger partial charge < -0.3 is 15.8 Å². The molecule has 0 rings (SSSR count).